The summed E-state index contributed by atoms with van der Waals surface area (Å²) < 4.78 is 6.35. The first-order valence-electron chi connectivity index (χ1n) is 9.72. The fourth-order valence-corrected chi connectivity index (χ4v) is 3.66. The van der Waals surface area contributed by atoms with E-state index in [9.17, 15) is 0 Å². The van der Waals surface area contributed by atoms with E-state index in [4.69, 9.17) is 16.0 Å². The van der Waals surface area contributed by atoms with Crippen LogP contribution in [0.4, 0.5) is 11.5 Å². The third kappa shape index (κ3) is 5.66. The molecular formula is C23H28ClN3OSi. The molecule has 0 unspecified atom stereocenters. The highest BCUT2D eigenvalue weighted by Gasteiger charge is 2.36. The highest BCUT2D eigenvalue weighted by atomic mass is 35.5. The largest absolute Gasteiger partial charge is 0.413 e. The van der Waals surface area contributed by atoms with Crippen molar-refractivity contribution in [2.24, 2.45) is 0 Å². The van der Waals surface area contributed by atoms with E-state index in [0.29, 0.717) is 11.8 Å². The third-order valence-corrected chi connectivity index (χ3v) is 10.1. The minimum Gasteiger partial charge on any atom is -0.413 e. The van der Waals surface area contributed by atoms with Gasteiger partial charge >= 0.3 is 0 Å². The molecule has 2 aromatic heterocycles. The second-order valence-corrected chi connectivity index (χ2v) is 13.9. The van der Waals surface area contributed by atoms with Gasteiger partial charge in [-0.3, -0.25) is 0 Å². The average Bonchev–Trinajstić information content (AvgIpc) is 2.67. The Hall–Kier alpha value is -2.21. The van der Waals surface area contributed by atoms with Gasteiger partial charge in [-0.25, -0.2) is 9.97 Å². The molecule has 6 heteroatoms. The Morgan fingerprint density at radius 1 is 1.00 bits per heavy atom. The highest BCUT2D eigenvalue weighted by Crippen LogP contribution is 2.37. The SMILES string of the molecule is CC(C)(C)[Si](C)(C)OCc1cccc(Nc2cc(-c3ccc(Cl)nc3)ccn2)c1. The zero-order valence-corrected chi connectivity index (χ0v) is 19.4. The molecule has 152 valence electrons. The number of benzene rings is 1. The Balaban J connectivity index is 1.72. The molecule has 0 saturated carbocycles. The van der Waals surface area contributed by atoms with Crippen LogP contribution in [0.5, 0.6) is 0 Å². The number of nitrogens with zero attached hydrogens (tertiary/aromatic N) is 2. The quantitative estimate of drug-likeness (QED) is 0.339. The van der Waals surface area contributed by atoms with Crippen molar-refractivity contribution in [3.05, 3.63) is 71.6 Å². The molecule has 1 N–H and O–H groups in total. The summed E-state index contributed by atoms with van der Waals surface area (Å²) in [5.74, 6) is 0.778. The van der Waals surface area contributed by atoms with Crippen molar-refractivity contribution >= 4 is 31.4 Å². The molecule has 29 heavy (non-hydrogen) atoms. The Bertz CT molecular complexity index is 968. The molecule has 0 aliphatic heterocycles. The molecule has 0 aliphatic rings. The van der Waals surface area contributed by atoms with Crippen molar-refractivity contribution in [2.45, 2.75) is 45.5 Å². The van der Waals surface area contributed by atoms with Gasteiger partial charge in [0.15, 0.2) is 8.32 Å². The molecule has 0 spiro atoms. The van der Waals surface area contributed by atoms with Gasteiger partial charge in [0, 0.05) is 23.6 Å². The van der Waals surface area contributed by atoms with Gasteiger partial charge in [0.2, 0.25) is 0 Å². The van der Waals surface area contributed by atoms with Crippen molar-refractivity contribution in [3.8, 4) is 11.1 Å². The standard InChI is InChI=1S/C23H28ClN3OSi/c1-23(2,3)29(4,5)28-16-17-7-6-8-20(13-17)27-22-14-18(11-12-25-22)19-9-10-21(24)26-15-19/h6-15H,16H2,1-5H3,(H,25,27). The van der Waals surface area contributed by atoms with Gasteiger partial charge in [-0.15, -0.1) is 0 Å². The van der Waals surface area contributed by atoms with Gasteiger partial charge in [0.1, 0.15) is 11.0 Å². The van der Waals surface area contributed by atoms with Crippen LogP contribution in [0, 0.1) is 0 Å². The van der Waals surface area contributed by atoms with Crippen molar-refractivity contribution in [1.29, 1.82) is 0 Å². The van der Waals surface area contributed by atoms with E-state index >= 15 is 0 Å². The molecule has 0 atom stereocenters. The number of halogens is 1. The fourth-order valence-electron chi connectivity index (χ4n) is 2.59. The lowest BCUT2D eigenvalue weighted by Gasteiger charge is -2.36. The lowest BCUT2D eigenvalue weighted by molar-refractivity contribution is 0.276. The predicted octanol–water partition coefficient (Wildman–Crippen LogP) is 7.06. The molecule has 0 amide bonds. The molecule has 0 aliphatic carbocycles. The lowest BCUT2D eigenvalue weighted by Crippen LogP contribution is -2.40. The number of rotatable bonds is 6. The van der Waals surface area contributed by atoms with Gasteiger partial charge in [-0.1, -0.05) is 44.5 Å². The molecular weight excluding hydrogens is 398 g/mol. The summed E-state index contributed by atoms with van der Waals surface area (Å²) in [7, 11) is -1.78. The first kappa shape index (κ1) is 21.5. The molecule has 3 aromatic rings. The van der Waals surface area contributed by atoms with Crippen LogP contribution in [0.25, 0.3) is 11.1 Å². The lowest BCUT2D eigenvalue weighted by atomic mass is 10.1. The van der Waals surface area contributed by atoms with E-state index in [1.807, 2.05) is 30.3 Å². The predicted molar refractivity (Wildman–Crippen MR) is 124 cm³/mol. The number of hydrogen-bond donors (Lipinski definition) is 1. The number of pyridine rings is 2. The zero-order valence-electron chi connectivity index (χ0n) is 17.7. The number of anilines is 2. The van der Waals surface area contributed by atoms with Gasteiger partial charge in [-0.2, -0.15) is 0 Å². The summed E-state index contributed by atoms with van der Waals surface area (Å²) in [4.78, 5) is 8.60. The maximum Gasteiger partial charge on any atom is 0.192 e. The van der Waals surface area contributed by atoms with Crippen molar-refractivity contribution in [1.82, 2.24) is 9.97 Å². The summed E-state index contributed by atoms with van der Waals surface area (Å²) in [5, 5.41) is 4.07. The zero-order chi connectivity index (χ0) is 21.1. The van der Waals surface area contributed by atoms with Crippen LogP contribution >= 0.6 is 11.6 Å². The first-order valence-corrected chi connectivity index (χ1v) is 13.0. The Kier molecular flexibility index (Phi) is 6.41. The summed E-state index contributed by atoms with van der Waals surface area (Å²) >= 11 is 5.89. The molecule has 3 rings (SSSR count). The van der Waals surface area contributed by atoms with Crippen molar-refractivity contribution in [3.63, 3.8) is 0 Å². The maximum atomic E-state index is 6.35. The van der Waals surface area contributed by atoms with E-state index in [-0.39, 0.29) is 5.04 Å². The second kappa shape index (κ2) is 8.65. The maximum absolute atomic E-state index is 6.35. The molecule has 2 heterocycles. The van der Waals surface area contributed by atoms with E-state index in [0.717, 1.165) is 28.2 Å². The second-order valence-electron chi connectivity index (χ2n) is 8.67. The monoisotopic (exact) mass is 425 g/mol. The molecule has 0 fully saturated rings. The topological polar surface area (TPSA) is 47.0 Å². The number of aromatic nitrogens is 2. The first-order chi connectivity index (χ1) is 13.6. The molecule has 0 bridgehead atoms. The average molecular weight is 426 g/mol. The fraction of sp³-hybridized carbons (Fsp3) is 0.304. The van der Waals surface area contributed by atoms with E-state index in [1.54, 1.807) is 18.5 Å². The number of nitrogens with one attached hydrogen (secondary N) is 1. The van der Waals surface area contributed by atoms with Gasteiger partial charge in [0.05, 0.1) is 6.61 Å². The van der Waals surface area contributed by atoms with Crippen molar-refractivity contribution < 1.29 is 4.43 Å². The molecule has 4 nitrogen and oxygen atoms in total. The summed E-state index contributed by atoms with van der Waals surface area (Å²) in [6, 6.07) is 16.0. The van der Waals surface area contributed by atoms with Crippen LogP contribution in [0.3, 0.4) is 0 Å². The summed E-state index contributed by atoms with van der Waals surface area (Å²) in [6.45, 7) is 11.9. The molecule has 0 radical (unpaired) electrons. The molecule has 1 aromatic carbocycles. The van der Waals surface area contributed by atoms with E-state index in [2.05, 4.69) is 61.3 Å². The Morgan fingerprint density at radius 2 is 1.79 bits per heavy atom. The normalized spacial score (nSPS) is 12.1. The minimum atomic E-state index is -1.78. The Labute approximate surface area is 179 Å². The Morgan fingerprint density at radius 3 is 2.48 bits per heavy atom. The minimum absolute atomic E-state index is 0.198. The van der Waals surface area contributed by atoms with E-state index < -0.39 is 8.32 Å². The summed E-state index contributed by atoms with van der Waals surface area (Å²) in [5.41, 5.74) is 4.17. The van der Waals surface area contributed by atoms with Gasteiger partial charge in [-0.05, 0) is 65.7 Å². The van der Waals surface area contributed by atoms with Crippen LogP contribution in [0.15, 0.2) is 60.9 Å². The van der Waals surface area contributed by atoms with Gasteiger partial charge < -0.3 is 9.74 Å². The summed E-state index contributed by atoms with van der Waals surface area (Å²) in [6.07, 6.45) is 3.55. The molecule has 0 saturated heterocycles. The smallest absolute Gasteiger partial charge is 0.192 e. The number of hydrogen-bond acceptors (Lipinski definition) is 4. The van der Waals surface area contributed by atoms with E-state index in [1.165, 1.54) is 0 Å². The van der Waals surface area contributed by atoms with Crippen LogP contribution in [0.1, 0.15) is 26.3 Å². The van der Waals surface area contributed by atoms with Gasteiger partial charge in [0.25, 0.3) is 0 Å². The van der Waals surface area contributed by atoms with Crippen LogP contribution < -0.4 is 5.32 Å². The highest BCUT2D eigenvalue weighted by molar-refractivity contribution is 6.74. The third-order valence-electron chi connectivity index (χ3n) is 5.43. The van der Waals surface area contributed by atoms with Crippen LogP contribution in [-0.4, -0.2) is 18.3 Å². The van der Waals surface area contributed by atoms with Crippen LogP contribution in [-0.2, 0) is 11.0 Å². The van der Waals surface area contributed by atoms with Crippen LogP contribution in [0.2, 0.25) is 23.3 Å². The van der Waals surface area contributed by atoms with Crippen molar-refractivity contribution in [2.75, 3.05) is 5.32 Å².